The minimum absolute atomic E-state index is 0.0463. The first kappa shape index (κ1) is 19.2. The maximum absolute atomic E-state index is 13.2. The van der Waals surface area contributed by atoms with E-state index in [0.717, 1.165) is 16.0 Å². The lowest BCUT2D eigenvalue weighted by Crippen LogP contribution is -2.41. The summed E-state index contributed by atoms with van der Waals surface area (Å²) in [4.78, 5) is 39.0. The second kappa shape index (κ2) is 6.74. The summed E-state index contributed by atoms with van der Waals surface area (Å²) in [6, 6.07) is 11.4. The van der Waals surface area contributed by atoms with E-state index >= 15 is 0 Å². The van der Waals surface area contributed by atoms with Crippen molar-refractivity contribution >= 4 is 34.5 Å². The Balaban J connectivity index is 1.77. The standard InChI is InChI=1S/C22H19ClN2O4/c1-12-8-15-14(10-19(26)29-18(15)9-13(12)2)11-25-20(27)22(3,24-21(25)28)16-6-4-5-7-17(16)23/h4-10H,11H2,1-3H3,(H,24,28)/t22-/m0/s1. The van der Waals surface area contributed by atoms with Gasteiger partial charge in [-0.25, -0.2) is 9.59 Å². The van der Waals surface area contributed by atoms with Gasteiger partial charge in [0.1, 0.15) is 11.1 Å². The van der Waals surface area contributed by atoms with Crippen molar-refractivity contribution in [1.82, 2.24) is 10.2 Å². The number of hydrogen-bond acceptors (Lipinski definition) is 4. The molecule has 1 aromatic heterocycles. The summed E-state index contributed by atoms with van der Waals surface area (Å²) in [6.45, 7) is 5.45. The number of benzene rings is 2. The van der Waals surface area contributed by atoms with E-state index in [9.17, 15) is 14.4 Å². The Bertz CT molecular complexity index is 1230. The number of nitrogens with zero attached hydrogens (tertiary/aromatic N) is 1. The number of halogens is 1. The molecule has 1 aliphatic rings. The van der Waals surface area contributed by atoms with Crippen LogP contribution in [0.2, 0.25) is 5.02 Å². The van der Waals surface area contributed by atoms with Crippen molar-refractivity contribution in [2.75, 3.05) is 0 Å². The minimum atomic E-state index is -1.28. The van der Waals surface area contributed by atoms with Gasteiger partial charge >= 0.3 is 11.7 Å². The van der Waals surface area contributed by atoms with Gasteiger partial charge in [0.15, 0.2) is 0 Å². The van der Waals surface area contributed by atoms with Crippen molar-refractivity contribution in [1.29, 1.82) is 0 Å². The van der Waals surface area contributed by atoms with Gasteiger partial charge in [0, 0.05) is 22.0 Å². The van der Waals surface area contributed by atoms with Crippen LogP contribution in [0.1, 0.15) is 29.2 Å². The van der Waals surface area contributed by atoms with Crippen LogP contribution in [-0.4, -0.2) is 16.8 Å². The highest BCUT2D eigenvalue weighted by molar-refractivity contribution is 6.32. The summed E-state index contributed by atoms with van der Waals surface area (Å²) in [5, 5.41) is 3.83. The van der Waals surface area contributed by atoms with Gasteiger partial charge in [-0.05, 0) is 55.7 Å². The zero-order valence-corrected chi connectivity index (χ0v) is 17.0. The van der Waals surface area contributed by atoms with Crippen LogP contribution in [0, 0.1) is 13.8 Å². The highest BCUT2D eigenvalue weighted by atomic mass is 35.5. The number of carbonyl (C=O) groups excluding carboxylic acids is 2. The summed E-state index contributed by atoms with van der Waals surface area (Å²) in [7, 11) is 0. The van der Waals surface area contributed by atoms with E-state index in [2.05, 4.69) is 5.32 Å². The lowest BCUT2D eigenvalue weighted by molar-refractivity contribution is -0.131. The Morgan fingerprint density at radius 1 is 1.07 bits per heavy atom. The third-order valence-corrected chi connectivity index (χ3v) is 5.79. The van der Waals surface area contributed by atoms with E-state index in [0.29, 0.717) is 27.1 Å². The average Bonchev–Trinajstić information content (AvgIpc) is 2.87. The molecule has 1 atom stereocenters. The normalized spacial score (nSPS) is 19.1. The lowest BCUT2D eigenvalue weighted by atomic mass is 9.92. The van der Waals surface area contributed by atoms with Crippen LogP contribution in [0.15, 0.2) is 51.7 Å². The van der Waals surface area contributed by atoms with Gasteiger partial charge < -0.3 is 9.73 Å². The van der Waals surface area contributed by atoms with Crippen molar-refractivity contribution in [2.45, 2.75) is 32.9 Å². The van der Waals surface area contributed by atoms with Gasteiger partial charge in [-0.15, -0.1) is 0 Å². The molecule has 0 unspecified atom stereocenters. The van der Waals surface area contributed by atoms with Gasteiger partial charge in [-0.2, -0.15) is 0 Å². The number of urea groups is 1. The van der Waals surface area contributed by atoms with E-state index in [1.807, 2.05) is 19.9 Å². The fourth-order valence-corrected chi connectivity index (χ4v) is 4.00. The van der Waals surface area contributed by atoms with E-state index in [1.54, 1.807) is 37.3 Å². The number of fused-ring (bicyclic) bond motifs is 1. The highest BCUT2D eigenvalue weighted by Gasteiger charge is 2.49. The van der Waals surface area contributed by atoms with Crippen molar-refractivity contribution in [3.05, 3.63) is 80.2 Å². The summed E-state index contributed by atoms with van der Waals surface area (Å²) >= 11 is 6.27. The molecule has 1 N–H and O–H groups in total. The topological polar surface area (TPSA) is 79.6 Å². The molecule has 0 spiro atoms. The number of carbonyl (C=O) groups is 2. The largest absolute Gasteiger partial charge is 0.423 e. The molecule has 0 bridgehead atoms. The molecule has 0 saturated carbocycles. The Kier molecular flexibility index (Phi) is 4.46. The first-order chi connectivity index (χ1) is 13.7. The number of imide groups is 1. The predicted octanol–water partition coefficient (Wildman–Crippen LogP) is 4.03. The first-order valence-electron chi connectivity index (χ1n) is 9.14. The molecule has 1 fully saturated rings. The van der Waals surface area contributed by atoms with Crippen LogP contribution >= 0.6 is 11.6 Å². The predicted molar refractivity (Wildman–Crippen MR) is 110 cm³/mol. The number of aryl methyl sites for hydroxylation is 2. The first-order valence-corrected chi connectivity index (χ1v) is 9.51. The third kappa shape index (κ3) is 3.09. The molecule has 7 heteroatoms. The maximum Gasteiger partial charge on any atom is 0.336 e. The fourth-order valence-electron chi connectivity index (χ4n) is 3.67. The Morgan fingerprint density at radius 2 is 1.76 bits per heavy atom. The molecule has 0 radical (unpaired) electrons. The summed E-state index contributed by atoms with van der Waals surface area (Å²) in [5.41, 5.74) is 1.69. The average molecular weight is 411 g/mol. The molecule has 29 heavy (non-hydrogen) atoms. The molecule has 3 aromatic rings. The van der Waals surface area contributed by atoms with Crippen molar-refractivity contribution in [3.8, 4) is 0 Å². The highest BCUT2D eigenvalue weighted by Crippen LogP contribution is 2.34. The molecular weight excluding hydrogens is 392 g/mol. The van der Waals surface area contributed by atoms with Crippen LogP contribution < -0.4 is 10.9 Å². The van der Waals surface area contributed by atoms with Gasteiger partial charge in [0.25, 0.3) is 5.91 Å². The number of rotatable bonds is 3. The second-order valence-corrected chi connectivity index (χ2v) is 7.86. The van der Waals surface area contributed by atoms with Gasteiger partial charge in [0.05, 0.1) is 6.54 Å². The molecule has 1 saturated heterocycles. The minimum Gasteiger partial charge on any atom is -0.423 e. The fraction of sp³-hybridized carbons (Fsp3) is 0.227. The molecule has 2 aromatic carbocycles. The van der Waals surface area contributed by atoms with Crippen LogP contribution in [0.5, 0.6) is 0 Å². The molecule has 148 valence electrons. The molecule has 2 heterocycles. The number of hydrogen-bond donors (Lipinski definition) is 1. The van der Waals surface area contributed by atoms with Gasteiger partial charge in [-0.3, -0.25) is 9.69 Å². The smallest absolute Gasteiger partial charge is 0.336 e. The Labute approximate surface area is 172 Å². The maximum atomic E-state index is 13.2. The number of nitrogens with one attached hydrogen (secondary N) is 1. The zero-order valence-electron chi connectivity index (χ0n) is 16.2. The quantitative estimate of drug-likeness (QED) is 0.522. The van der Waals surface area contributed by atoms with Crippen LogP contribution in [0.4, 0.5) is 4.79 Å². The van der Waals surface area contributed by atoms with Crippen molar-refractivity contribution in [2.24, 2.45) is 0 Å². The third-order valence-electron chi connectivity index (χ3n) is 5.46. The molecule has 3 amide bonds. The van der Waals surface area contributed by atoms with Gasteiger partial charge in [-0.1, -0.05) is 29.8 Å². The van der Waals surface area contributed by atoms with E-state index in [-0.39, 0.29) is 6.54 Å². The molecule has 4 rings (SSSR count). The Morgan fingerprint density at radius 3 is 2.48 bits per heavy atom. The summed E-state index contributed by atoms with van der Waals surface area (Å²) in [5.74, 6) is -0.430. The summed E-state index contributed by atoms with van der Waals surface area (Å²) in [6.07, 6.45) is 0. The number of amides is 3. The van der Waals surface area contributed by atoms with E-state index in [1.165, 1.54) is 6.07 Å². The molecule has 6 nitrogen and oxygen atoms in total. The SMILES string of the molecule is Cc1cc2oc(=O)cc(CN3C(=O)N[C@@](C)(c4ccccc4Cl)C3=O)c2cc1C. The Hall–Kier alpha value is -3.12. The molecule has 1 aliphatic heterocycles. The lowest BCUT2D eigenvalue weighted by Gasteiger charge is -2.23. The van der Waals surface area contributed by atoms with Gasteiger partial charge in [0.2, 0.25) is 0 Å². The van der Waals surface area contributed by atoms with E-state index < -0.39 is 23.1 Å². The van der Waals surface area contributed by atoms with Crippen molar-refractivity contribution in [3.63, 3.8) is 0 Å². The van der Waals surface area contributed by atoms with Crippen LogP contribution in [0.25, 0.3) is 11.0 Å². The van der Waals surface area contributed by atoms with Crippen LogP contribution in [0.3, 0.4) is 0 Å². The van der Waals surface area contributed by atoms with Crippen LogP contribution in [-0.2, 0) is 16.9 Å². The molecule has 0 aliphatic carbocycles. The van der Waals surface area contributed by atoms with E-state index in [4.69, 9.17) is 16.0 Å². The zero-order chi connectivity index (χ0) is 20.9. The van der Waals surface area contributed by atoms with Crippen molar-refractivity contribution < 1.29 is 14.0 Å². The second-order valence-electron chi connectivity index (χ2n) is 7.45. The summed E-state index contributed by atoms with van der Waals surface area (Å²) < 4.78 is 5.31. The molecular formula is C22H19ClN2O4. The monoisotopic (exact) mass is 410 g/mol.